The molecule has 5 aromatic rings. The molecule has 1 fully saturated rings. The minimum absolute atomic E-state index is 0.204. The van der Waals surface area contributed by atoms with Crippen molar-refractivity contribution in [2.75, 3.05) is 18.0 Å². The van der Waals surface area contributed by atoms with E-state index in [0.29, 0.717) is 0 Å². The lowest BCUT2D eigenvalue weighted by molar-refractivity contribution is 0.514. The van der Waals surface area contributed by atoms with Crippen LogP contribution in [0.2, 0.25) is 0 Å². The van der Waals surface area contributed by atoms with Gasteiger partial charge in [-0.1, -0.05) is 0 Å². The molecule has 4 N–H and O–H groups in total. The number of nitrogens with zero attached hydrogens (tertiary/aromatic N) is 6. The van der Waals surface area contributed by atoms with Crippen LogP contribution >= 0.6 is 0 Å². The number of hydrogen-bond donors (Lipinski definition) is 3. The van der Waals surface area contributed by atoms with Gasteiger partial charge in [0.05, 0.1) is 29.3 Å². The van der Waals surface area contributed by atoms with Gasteiger partial charge < -0.3 is 15.6 Å². The van der Waals surface area contributed by atoms with Crippen LogP contribution in [0.4, 0.5) is 5.82 Å². The number of pyridine rings is 2. The Morgan fingerprint density at radius 3 is 2.76 bits per heavy atom. The third kappa shape index (κ3) is 2.63. The Kier molecular flexibility index (Phi) is 3.38. The molecule has 0 aromatic carbocycles. The van der Waals surface area contributed by atoms with E-state index in [9.17, 15) is 0 Å². The van der Waals surface area contributed by atoms with Crippen molar-refractivity contribution in [2.45, 2.75) is 6.04 Å². The summed E-state index contributed by atoms with van der Waals surface area (Å²) in [5, 5.41) is 8.56. The van der Waals surface area contributed by atoms with E-state index in [1.54, 1.807) is 18.6 Å². The highest BCUT2D eigenvalue weighted by Gasteiger charge is 2.24. The average molecular weight is 383 g/mol. The molecule has 142 valence electrons. The Labute approximate surface area is 165 Å². The summed E-state index contributed by atoms with van der Waals surface area (Å²) in [5.41, 5.74) is 11.6. The van der Waals surface area contributed by atoms with Crippen molar-refractivity contribution in [2.24, 2.45) is 5.73 Å². The molecule has 1 saturated heterocycles. The fraction of sp³-hybridized carbons (Fsp3) is 0.150. The zero-order chi connectivity index (χ0) is 19.4. The second kappa shape index (κ2) is 6.08. The van der Waals surface area contributed by atoms with E-state index in [1.807, 2.05) is 30.5 Å². The summed E-state index contributed by atoms with van der Waals surface area (Å²) in [6.07, 6.45) is 7.07. The first-order chi connectivity index (χ1) is 14.2. The molecule has 29 heavy (non-hydrogen) atoms. The van der Waals surface area contributed by atoms with Gasteiger partial charge in [-0.3, -0.25) is 15.1 Å². The Morgan fingerprint density at radius 1 is 0.966 bits per heavy atom. The van der Waals surface area contributed by atoms with Gasteiger partial charge in [-0.2, -0.15) is 5.10 Å². The molecule has 5 aromatic heterocycles. The van der Waals surface area contributed by atoms with E-state index in [-0.39, 0.29) is 6.04 Å². The lowest BCUT2D eigenvalue weighted by atomic mass is 10.1. The Morgan fingerprint density at radius 2 is 1.90 bits per heavy atom. The van der Waals surface area contributed by atoms with Crippen LogP contribution in [-0.4, -0.2) is 54.2 Å². The van der Waals surface area contributed by atoms with Gasteiger partial charge in [0.1, 0.15) is 22.7 Å². The topological polar surface area (TPSA) is 125 Å². The number of anilines is 1. The van der Waals surface area contributed by atoms with Crippen molar-refractivity contribution >= 4 is 27.8 Å². The molecule has 1 aliphatic heterocycles. The summed E-state index contributed by atoms with van der Waals surface area (Å²) in [4.78, 5) is 23.6. The van der Waals surface area contributed by atoms with Gasteiger partial charge in [-0.15, -0.1) is 0 Å². The van der Waals surface area contributed by atoms with Gasteiger partial charge in [-0.25, -0.2) is 9.97 Å². The van der Waals surface area contributed by atoms with Crippen LogP contribution in [-0.2, 0) is 0 Å². The number of nitrogens with one attached hydrogen (secondary N) is 2. The predicted octanol–water partition coefficient (Wildman–Crippen LogP) is 2.11. The first-order valence-electron chi connectivity index (χ1n) is 9.36. The minimum Gasteiger partial charge on any atom is -0.353 e. The number of nitrogens with two attached hydrogens (primary N) is 1. The monoisotopic (exact) mass is 383 g/mol. The highest BCUT2D eigenvalue weighted by molar-refractivity contribution is 5.93. The average Bonchev–Trinajstić information content (AvgIpc) is 3.34. The van der Waals surface area contributed by atoms with Crippen molar-refractivity contribution < 1.29 is 0 Å². The summed E-state index contributed by atoms with van der Waals surface area (Å²) in [6, 6.07) is 8.06. The second-order valence-corrected chi connectivity index (χ2v) is 7.24. The highest BCUT2D eigenvalue weighted by atomic mass is 15.3. The number of H-pyrrole nitrogens is 2. The molecule has 0 saturated carbocycles. The van der Waals surface area contributed by atoms with Crippen molar-refractivity contribution in [3.05, 3.63) is 49.1 Å². The molecule has 0 atom stereocenters. The zero-order valence-corrected chi connectivity index (χ0v) is 15.4. The van der Waals surface area contributed by atoms with Crippen molar-refractivity contribution in [1.82, 2.24) is 35.1 Å². The van der Waals surface area contributed by atoms with Crippen LogP contribution in [0.5, 0.6) is 0 Å². The summed E-state index contributed by atoms with van der Waals surface area (Å²) < 4.78 is 0. The van der Waals surface area contributed by atoms with Crippen molar-refractivity contribution in [3.63, 3.8) is 0 Å². The summed E-state index contributed by atoms with van der Waals surface area (Å²) in [6.45, 7) is 1.59. The van der Waals surface area contributed by atoms with Gasteiger partial charge >= 0.3 is 0 Å². The van der Waals surface area contributed by atoms with Gasteiger partial charge in [0, 0.05) is 42.4 Å². The lowest BCUT2D eigenvalue weighted by Gasteiger charge is -2.37. The van der Waals surface area contributed by atoms with Crippen LogP contribution in [0.15, 0.2) is 49.1 Å². The van der Waals surface area contributed by atoms with Gasteiger partial charge in [-0.05, 0) is 24.3 Å². The molecule has 9 nitrogen and oxygen atoms in total. The maximum atomic E-state index is 5.89. The lowest BCUT2D eigenvalue weighted by Crippen LogP contribution is -2.56. The molecular weight excluding hydrogens is 366 g/mol. The van der Waals surface area contributed by atoms with E-state index in [4.69, 9.17) is 15.7 Å². The predicted molar refractivity (Wildman–Crippen MR) is 110 cm³/mol. The van der Waals surface area contributed by atoms with E-state index in [0.717, 1.165) is 63.6 Å². The second-order valence-electron chi connectivity index (χ2n) is 7.24. The molecule has 0 aliphatic carbocycles. The maximum absolute atomic E-state index is 5.89. The molecule has 9 heteroatoms. The van der Waals surface area contributed by atoms with Crippen LogP contribution in [0.1, 0.15) is 0 Å². The fourth-order valence-electron chi connectivity index (χ4n) is 3.66. The Bertz CT molecular complexity index is 1310. The molecule has 0 bridgehead atoms. The number of aromatic amines is 2. The molecule has 0 amide bonds. The van der Waals surface area contributed by atoms with Crippen LogP contribution < -0.4 is 10.6 Å². The quantitative estimate of drug-likeness (QED) is 0.436. The SMILES string of the molecule is NC1CN(c2cncc(-c3ccc4[nH]nc(-c5cc6cnccc6[nH]5)c4n3)n2)C1. The molecular formula is C20H17N9. The number of hydrogen-bond acceptors (Lipinski definition) is 7. The zero-order valence-electron chi connectivity index (χ0n) is 15.4. The first-order valence-corrected chi connectivity index (χ1v) is 9.36. The molecule has 1 aliphatic rings. The van der Waals surface area contributed by atoms with E-state index in [1.165, 1.54) is 0 Å². The summed E-state index contributed by atoms with van der Waals surface area (Å²) in [7, 11) is 0. The van der Waals surface area contributed by atoms with Gasteiger partial charge in [0.25, 0.3) is 0 Å². The highest BCUT2D eigenvalue weighted by Crippen LogP contribution is 2.29. The Hall–Kier alpha value is -3.85. The van der Waals surface area contributed by atoms with E-state index < -0.39 is 0 Å². The van der Waals surface area contributed by atoms with Gasteiger partial charge in [0.2, 0.25) is 0 Å². The molecule has 6 rings (SSSR count). The van der Waals surface area contributed by atoms with Crippen molar-refractivity contribution in [1.29, 1.82) is 0 Å². The van der Waals surface area contributed by atoms with Crippen LogP contribution in [0, 0.1) is 0 Å². The summed E-state index contributed by atoms with van der Waals surface area (Å²) in [5.74, 6) is 0.821. The fourth-order valence-corrected chi connectivity index (χ4v) is 3.66. The van der Waals surface area contributed by atoms with Crippen LogP contribution in [0.3, 0.4) is 0 Å². The smallest absolute Gasteiger partial charge is 0.147 e. The normalized spacial score (nSPS) is 14.6. The van der Waals surface area contributed by atoms with E-state index in [2.05, 4.69) is 30.0 Å². The first kappa shape index (κ1) is 16.1. The molecule has 0 spiro atoms. The number of rotatable bonds is 3. The minimum atomic E-state index is 0.204. The third-order valence-electron chi connectivity index (χ3n) is 5.20. The summed E-state index contributed by atoms with van der Waals surface area (Å²) >= 11 is 0. The maximum Gasteiger partial charge on any atom is 0.147 e. The van der Waals surface area contributed by atoms with Crippen LogP contribution in [0.25, 0.3) is 44.7 Å². The molecule has 6 heterocycles. The third-order valence-corrected chi connectivity index (χ3v) is 5.20. The molecule has 0 radical (unpaired) electrons. The largest absolute Gasteiger partial charge is 0.353 e. The standard InChI is InChI=1S/C20H17N9/c21-12-9-29(10-12)18-8-23-7-17(25-18)14-1-2-15-19(26-14)20(28-27-15)16-5-11-6-22-4-3-13(11)24-16/h1-8,12,24H,9-10,21H2,(H,27,28). The van der Waals surface area contributed by atoms with Gasteiger partial charge in [0.15, 0.2) is 0 Å². The molecule has 0 unspecified atom stereocenters. The number of fused-ring (bicyclic) bond motifs is 2. The van der Waals surface area contributed by atoms with E-state index >= 15 is 0 Å². The number of aromatic nitrogens is 7. The van der Waals surface area contributed by atoms with Crippen molar-refractivity contribution in [3.8, 4) is 22.8 Å². The Balaban J connectivity index is 1.43.